The number of anilines is 1. The highest BCUT2D eigenvalue weighted by Gasteiger charge is 2.05. The number of hydrogen-bond acceptors (Lipinski definition) is 3. The summed E-state index contributed by atoms with van der Waals surface area (Å²) in [6, 6.07) is 15.7. The third-order valence-corrected chi connectivity index (χ3v) is 4.16. The highest BCUT2D eigenvalue weighted by atomic mass is 16.5. The summed E-state index contributed by atoms with van der Waals surface area (Å²) in [5.41, 5.74) is 4.10. The quantitative estimate of drug-likeness (QED) is 0.781. The van der Waals surface area contributed by atoms with Gasteiger partial charge in [0.1, 0.15) is 0 Å². The highest BCUT2D eigenvalue weighted by Crippen LogP contribution is 2.15. The van der Waals surface area contributed by atoms with Gasteiger partial charge in [0, 0.05) is 18.7 Å². The zero-order valence-electron chi connectivity index (χ0n) is 15.5. The van der Waals surface area contributed by atoms with Crippen LogP contribution < -0.4 is 10.6 Å². The molecule has 0 saturated carbocycles. The smallest absolute Gasteiger partial charge is 0.411 e. The van der Waals surface area contributed by atoms with Gasteiger partial charge >= 0.3 is 6.09 Å². The van der Waals surface area contributed by atoms with Crippen molar-refractivity contribution < 1.29 is 14.3 Å². The summed E-state index contributed by atoms with van der Waals surface area (Å²) >= 11 is 0. The van der Waals surface area contributed by atoms with Gasteiger partial charge in [0.25, 0.3) is 0 Å². The van der Waals surface area contributed by atoms with Gasteiger partial charge in [0.15, 0.2) is 0 Å². The van der Waals surface area contributed by atoms with Crippen molar-refractivity contribution in [3.05, 3.63) is 65.2 Å². The Labute approximate surface area is 154 Å². The highest BCUT2D eigenvalue weighted by molar-refractivity contribution is 5.84. The minimum absolute atomic E-state index is 0.0229. The van der Waals surface area contributed by atoms with E-state index in [1.54, 1.807) is 12.1 Å². The van der Waals surface area contributed by atoms with Gasteiger partial charge in [-0.25, -0.2) is 4.79 Å². The molecule has 0 aliphatic heterocycles. The summed E-state index contributed by atoms with van der Waals surface area (Å²) in [7, 11) is 1.32. The molecule has 0 aromatic heterocycles. The normalized spacial score (nSPS) is 10.5. The molecule has 0 aliphatic carbocycles. The number of methoxy groups -OCH3 is 1. The molecule has 5 heteroatoms. The van der Waals surface area contributed by atoms with Crippen molar-refractivity contribution in [3.8, 4) is 0 Å². The minimum atomic E-state index is -0.507. The number of carbonyl (C=O) groups is 2. The third-order valence-electron chi connectivity index (χ3n) is 4.16. The average molecular weight is 354 g/mol. The number of benzene rings is 2. The first-order chi connectivity index (χ1) is 12.5. The number of rotatable bonds is 7. The Hall–Kier alpha value is -2.82. The van der Waals surface area contributed by atoms with E-state index in [4.69, 9.17) is 0 Å². The zero-order valence-corrected chi connectivity index (χ0v) is 15.5. The first kappa shape index (κ1) is 19.5. The fourth-order valence-corrected chi connectivity index (χ4v) is 2.49. The number of amides is 2. The Balaban J connectivity index is 1.75. The van der Waals surface area contributed by atoms with Crippen molar-refractivity contribution in [2.24, 2.45) is 0 Å². The van der Waals surface area contributed by atoms with E-state index in [9.17, 15) is 9.59 Å². The molecule has 0 unspecified atom stereocenters. The second-order valence-corrected chi connectivity index (χ2v) is 6.49. The van der Waals surface area contributed by atoms with Crippen LogP contribution in [0.2, 0.25) is 0 Å². The molecule has 2 aromatic rings. The number of hydrogen-bond donors (Lipinski definition) is 2. The van der Waals surface area contributed by atoms with Gasteiger partial charge in [-0.15, -0.1) is 0 Å². The number of carbonyl (C=O) groups excluding carboxylic acids is 2. The Kier molecular flexibility index (Phi) is 7.21. The Morgan fingerprint density at radius 3 is 2.15 bits per heavy atom. The topological polar surface area (TPSA) is 67.4 Å². The van der Waals surface area contributed by atoms with Crippen LogP contribution in [-0.2, 0) is 22.5 Å². The lowest BCUT2D eigenvalue weighted by Crippen LogP contribution is -2.23. The van der Waals surface area contributed by atoms with E-state index in [2.05, 4.69) is 53.5 Å². The fourth-order valence-electron chi connectivity index (χ4n) is 2.49. The first-order valence-corrected chi connectivity index (χ1v) is 8.77. The molecule has 0 saturated heterocycles. The van der Waals surface area contributed by atoms with Crippen molar-refractivity contribution >= 4 is 17.7 Å². The summed E-state index contributed by atoms with van der Waals surface area (Å²) < 4.78 is 4.54. The lowest BCUT2D eigenvalue weighted by atomic mass is 10.0. The van der Waals surface area contributed by atoms with Crippen LogP contribution in [-0.4, -0.2) is 19.1 Å². The molecule has 0 spiro atoms. The second-order valence-electron chi connectivity index (χ2n) is 6.49. The van der Waals surface area contributed by atoms with Gasteiger partial charge in [-0.05, 0) is 41.2 Å². The van der Waals surface area contributed by atoms with Crippen molar-refractivity contribution in [1.82, 2.24) is 5.32 Å². The number of ether oxygens (including phenoxy) is 1. The number of aryl methyl sites for hydroxylation is 1. The van der Waals surface area contributed by atoms with Crippen LogP contribution in [0.3, 0.4) is 0 Å². The lowest BCUT2D eigenvalue weighted by molar-refractivity contribution is -0.121. The Morgan fingerprint density at radius 1 is 0.962 bits per heavy atom. The van der Waals surface area contributed by atoms with E-state index >= 15 is 0 Å². The van der Waals surface area contributed by atoms with E-state index < -0.39 is 6.09 Å². The van der Waals surface area contributed by atoms with Crippen LogP contribution in [0.25, 0.3) is 0 Å². The molecule has 0 heterocycles. The second kappa shape index (κ2) is 9.61. The molecular formula is C21H26N2O3. The van der Waals surface area contributed by atoms with Crippen LogP contribution >= 0.6 is 0 Å². The predicted octanol–water partition coefficient (Wildman–Crippen LogP) is 4.24. The third kappa shape index (κ3) is 6.24. The molecule has 0 aliphatic rings. The van der Waals surface area contributed by atoms with Crippen molar-refractivity contribution in [3.63, 3.8) is 0 Å². The van der Waals surface area contributed by atoms with Crippen LogP contribution in [0, 0.1) is 0 Å². The minimum Gasteiger partial charge on any atom is -0.453 e. The summed E-state index contributed by atoms with van der Waals surface area (Å²) in [6.45, 7) is 4.80. The summed E-state index contributed by atoms with van der Waals surface area (Å²) in [5.74, 6) is 0.538. The van der Waals surface area contributed by atoms with Crippen LogP contribution in [0.5, 0.6) is 0 Å². The monoisotopic (exact) mass is 354 g/mol. The summed E-state index contributed by atoms with van der Waals surface area (Å²) in [4.78, 5) is 23.2. The zero-order chi connectivity index (χ0) is 18.9. The summed E-state index contributed by atoms with van der Waals surface area (Å²) in [5, 5.41) is 5.50. The van der Waals surface area contributed by atoms with E-state index in [0.29, 0.717) is 24.6 Å². The molecule has 138 valence electrons. The van der Waals surface area contributed by atoms with Crippen molar-refractivity contribution in [1.29, 1.82) is 0 Å². The SMILES string of the molecule is COC(=O)Nc1ccc(CNC(=O)CCc2ccc(C(C)C)cc2)cc1. The Morgan fingerprint density at radius 2 is 1.58 bits per heavy atom. The van der Waals surface area contributed by atoms with Gasteiger partial charge in [-0.1, -0.05) is 50.2 Å². The van der Waals surface area contributed by atoms with E-state index in [1.165, 1.54) is 18.2 Å². The maximum absolute atomic E-state index is 12.0. The Bertz CT molecular complexity index is 722. The predicted molar refractivity (Wildman–Crippen MR) is 103 cm³/mol. The molecule has 2 amide bonds. The molecule has 2 aromatic carbocycles. The standard InChI is InChI=1S/C21H26N2O3/c1-15(2)18-9-4-16(5-10-18)8-13-20(24)22-14-17-6-11-19(12-7-17)23-21(25)26-3/h4-7,9-12,15H,8,13-14H2,1-3H3,(H,22,24)(H,23,25). The van der Waals surface area contributed by atoms with Crippen LogP contribution in [0.15, 0.2) is 48.5 Å². The van der Waals surface area contributed by atoms with Gasteiger partial charge in [0.2, 0.25) is 5.91 Å². The average Bonchev–Trinajstić information content (AvgIpc) is 2.66. The van der Waals surface area contributed by atoms with Gasteiger partial charge in [0.05, 0.1) is 7.11 Å². The van der Waals surface area contributed by atoms with Crippen molar-refractivity contribution in [2.45, 2.75) is 39.2 Å². The molecular weight excluding hydrogens is 328 g/mol. The molecule has 2 rings (SSSR count). The first-order valence-electron chi connectivity index (χ1n) is 8.77. The molecule has 5 nitrogen and oxygen atoms in total. The van der Waals surface area contributed by atoms with E-state index in [0.717, 1.165) is 12.0 Å². The fraction of sp³-hybridized carbons (Fsp3) is 0.333. The lowest BCUT2D eigenvalue weighted by Gasteiger charge is -2.08. The van der Waals surface area contributed by atoms with Gasteiger partial charge in [-0.2, -0.15) is 0 Å². The van der Waals surface area contributed by atoms with Gasteiger partial charge in [-0.3, -0.25) is 10.1 Å². The van der Waals surface area contributed by atoms with Gasteiger partial charge < -0.3 is 10.1 Å². The maximum Gasteiger partial charge on any atom is 0.411 e. The van der Waals surface area contributed by atoms with E-state index in [-0.39, 0.29) is 5.91 Å². The molecule has 0 bridgehead atoms. The van der Waals surface area contributed by atoms with Crippen molar-refractivity contribution in [2.75, 3.05) is 12.4 Å². The molecule has 0 radical (unpaired) electrons. The molecule has 0 atom stereocenters. The largest absolute Gasteiger partial charge is 0.453 e. The molecule has 2 N–H and O–H groups in total. The molecule has 26 heavy (non-hydrogen) atoms. The van der Waals surface area contributed by atoms with E-state index in [1.807, 2.05) is 12.1 Å². The maximum atomic E-state index is 12.0. The summed E-state index contributed by atoms with van der Waals surface area (Å²) in [6.07, 6.45) is 0.683. The van der Waals surface area contributed by atoms with Crippen LogP contribution in [0.1, 0.15) is 42.9 Å². The molecule has 0 fully saturated rings. The number of nitrogens with one attached hydrogen (secondary N) is 2. The van der Waals surface area contributed by atoms with Crippen LogP contribution in [0.4, 0.5) is 10.5 Å².